The number of hydrogen-bond acceptors (Lipinski definition) is 5. The molecule has 0 unspecified atom stereocenters. The summed E-state index contributed by atoms with van der Waals surface area (Å²) in [4.78, 5) is 40.9. The molecule has 0 spiro atoms. The normalized spacial score (nSPS) is 19.8. The number of ether oxygens (including phenoxy) is 2. The molecule has 1 saturated heterocycles. The quantitative estimate of drug-likeness (QED) is 0.555. The van der Waals surface area contributed by atoms with Crippen LogP contribution < -0.4 is 20.3 Å². The third-order valence-electron chi connectivity index (χ3n) is 7.06. The highest BCUT2D eigenvalue weighted by atomic mass is 19.1. The maximum absolute atomic E-state index is 13.8. The largest absolute Gasteiger partial charge is 0.454 e. The Hall–Kier alpha value is -4.40. The van der Waals surface area contributed by atoms with Crippen LogP contribution in [0.3, 0.4) is 0 Å². The van der Waals surface area contributed by atoms with Crippen molar-refractivity contribution in [3.8, 4) is 11.5 Å². The number of benzene rings is 2. The van der Waals surface area contributed by atoms with E-state index in [0.717, 1.165) is 12.1 Å². The number of rotatable bonds is 4. The SMILES string of the molecule is O=C(N/C(=C\c1ccc2c(c1)OCO2)C(=O)N1C[C@H]2C[C@@H](C1)c1cccc(=O)n1C2)c1ccc(F)cc1. The lowest BCUT2D eigenvalue weighted by Gasteiger charge is -2.43. The second-order valence-corrected chi connectivity index (χ2v) is 9.54. The maximum atomic E-state index is 13.8. The van der Waals surface area contributed by atoms with E-state index in [1.807, 2.05) is 6.07 Å². The first-order chi connectivity index (χ1) is 17.9. The van der Waals surface area contributed by atoms with Crippen LogP contribution in [0.5, 0.6) is 11.5 Å². The highest BCUT2D eigenvalue weighted by molar-refractivity contribution is 6.05. The fourth-order valence-corrected chi connectivity index (χ4v) is 5.35. The predicted octanol–water partition coefficient (Wildman–Crippen LogP) is 3.13. The second kappa shape index (κ2) is 9.24. The van der Waals surface area contributed by atoms with Gasteiger partial charge in [0.05, 0.1) is 0 Å². The Balaban J connectivity index is 1.31. The highest BCUT2D eigenvalue weighted by Gasteiger charge is 2.37. The number of aromatic nitrogens is 1. The molecule has 0 aliphatic carbocycles. The van der Waals surface area contributed by atoms with Crippen molar-refractivity contribution in [3.05, 3.63) is 99.4 Å². The van der Waals surface area contributed by atoms with E-state index in [2.05, 4.69) is 5.32 Å². The molecular formula is C28H24FN3O5. The molecule has 0 radical (unpaired) electrons. The van der Waals surface area contributed by atoms with E-state index < -0.39 is 11.7 Å². The van der Waals surface area contributed by atoms with Gasteiger partial charge in [-0.3, -0.25) is 14.4 Å². The monoisotopic (exact) mass is 501 g/mol. The van der Waals surface area contributed by atoms with Gasteiger partial charge in [0.15, 0.2) is 11.5 Å². The van der Waals surface area contributed by atoms with Crippen LogP contribution in [0.25, 0.3) is 6.08 Å². The average molecular weight is 502 g/mol. The van der Waals surface area contributed by atoms with Crippen molar-refractivity contribution in [2.75, 3.05) is 19.9 Å². The van der Waals surface area contributed by atoms with Crippen molar-refractivity contribution in [3.63, 3.8) is 0 Å². The van der Waals surface area contributed by atoms with Crippen LogP contribution in [0.2, 0.25) is 0 Å². The summed E-state index contributed by atoms with van der Waals surface area (Å²) in [7, 11) is 0. The molecule has 6 rings (SSSR count). The summed E-state index contributed by atoms with van der Waals surface area (Å²) in [6.07, 6.45) is 2.50. The van der Waals surface area contributed by atoms with Crippen molar-refractivity contribution < 1.29 is 23.5 Å². The van der Waals surface area contributed by atoms with E-state index in [9.17, 15) is 18.8 Å². The Bertz CT molecular complexity index is 1480. The Morgan fingerprint density at radius 3 is 2.62 bits per heavy atom. The van der Waals surface area contributed by atoms with Crippen molar-refractivity contribution in [2.24, 2.45) is 5.92 Å². The van der Waals surface area contributed by atoms with Crippen LogP contribution in [0, 0.1) is 11.7 Å². The minimum atomic E-state index is -0.519. The first kappa shape index (κ1) is 23.0. The van der Waals surface area contributed by atoms with Crippen LogP contribution in [0.4, 0.5) is 4.39 Å². The zero-order chi connectivity index (χ0) is 25.5. The van der Waals surface area contributed by atoms with Gasteiger partial charge in [-0.15, -0.1) is 0 Å². The zero-order valence-corrected chi connectivity index (χ0v) is 19.9. The number of hydrogen-bond donors (Lipinski definition) is 1. The van der Waals surface area contributed by atoms with E-state index in [0.29, 0.717) is 36.7 Å². The molecule has 3 aliphatic heterocycles. The van der Waals surface area contributed by atoms with Gasteiger partial charge in [0.1, 0.15) is 11.5 Å². The second-order valence-electron chi connectivity index (χ2n) is 9.54. The standard InChI is InChI=1S/C28H24FN3O5/c29-21-7-5-19(6-8-21)27(34)30-22(11-17-4-9-24-25(12-17)37-16-36-24)28(35)31-13-18-10-20(15-31)23-2-1-3-26(33)32(23)14-18/h1-9,11-12,18,20H,10,13-16H2,(H,30,34)/b22-11-/t18-,20+/m1/s1. The molecule has 2 aromatic carbocycles. The van der Waals surface area contributed by atoms with Crippen molar-refractivity contribution in [1.82, 2.24) is 14.8 Å². The van der Waals surface area contributed by atoms with Crippen LogP contribution in [-0.2, 0) is 11.3 Å². The van der Waals surface area contributed by atoms with Crippen LogP contribution in [-0.4, -0.2) is 41.2 Å². The molecule has 4 heterocycles. The minimum Gasteiger partial charge on any atom is -0.454 e. The molecule has 37 heavy (non-hydrogen) atoms. The molecule has 3 aromatic rings. The molecule has 1 fully saturated rings. The van der Waals surface area contributed by atoms with Gasteiger partial charge in [0.2, 0.25) is 6.79 Å². The zero-order valence-electron chi connectivity index (χ0n) is 19.9. The summed E-state index contributed by atoms with van der Waals surface area (Å²) in [5, 5.41) is 2.74. The number of nitrogens with one attached hydrogen (secondary N) is 1. The summed E-state index contributed by atoms with van der Waals surface area (Å²) in [6.45, 7) is 1.58. The third-order valence-corrected chi connectivity index (χ3v) is 7.06. The maximum Gasteiger partial charge on any atom is 0.270 e. The first-order valence-corrected chi connectivity index (χ1v) is 12.1. The van der Waals surface area contributed by atoms with E-state index >= 15 is 0 Å². The number of likely N-dealkylation sites (tertiary alicyclic amines) is 1. The van der Waals surface area contributed by atoms with Crippen LogP contribution >= 0.6 is 0 Å². The lowest BCUT2D eigenvalue weighted by atomic mass is 9.83. The predicted molar refractivity (Wildman–Crippen MR) is 133 cm³/mol. The summed E-state index contributed by atoms with van der Waals surface area (Å²) >= 11 is 0. The molecule has 3 aliphatic rings. The molecule has 8 nitrogen and oxygen atoms in total. The molecule has 1 aromatic heterocycles. The van der Waals surface area contributed by atoms with E-state index in [-0.39, 0.29) is 41.4 Å². The lowest BCUT2D eigenvalue weighted by molar-refractivity contribution is -0.130. The van der Waals surface area contributed by atoms with Gasteiger partial charge in [0.25, 0.3) is 17.4 Å². The molecule has 188 valence electrons. The van der Waals surface area contributed by atoms with Gasteiger partial charge in [-0.25, -0.2) is 4.39 Å². The van der Waals surface area contributed by atoms with Gasteiger partial charge in [-0.2, -0.15) is 0 Å². The smallest absolute Gasteiger partial charge is 0.270 e. The lowest BCUT2D eigenvalue weighted by Crippen LogP contribution is -2.50. The number of amides is 2. The number of carbonyl (C=O) groups is 2. The fourth-order valence-electron chi connectivity index (χ4n) is 5.35. The van der Waals surface area contributed by atoms with E-state index in [1.165, 1.54) is 24.3 Å². The van der Waals surface area contributed by atoms with Gasteiger partial charge >= 0.3 is 0 Å². The van der Waals surface area contributed by atoms with Gasteiger partial charge in [0, 0.05) is 42.9 Å². The minimum absolute atomic E-state index is 0.0260. The summed E-state index contributed by atoms with van der Waals surface area (Å²) in [5.41, 5.74) is 1.88. The number of piperidine rings is 1. The van der Waals surface area contributed by atoms with Crippen LogP contribution in [0.1, 0.15) is 34.0 Å². The Morgan fingerprint density at radius 2 is 1.78 bits per heavy atom. The topological polar surface area (TPSA) is 89.9 Å². The van der Waals surface area contributed by atoms with Crippen molar-refractivity contribution in [2.45, 2.75) is 18.9 Å². The van der Waals surface area contributed by atoms with E-state index in [1.54, 1.807) is 45.9 Å². The molecule has 1 N–H and O–H groups in total. The number of pyridine rings is 1. The molecule has 2 bridgehead atoms. The highest BCUT2D eigenvalue weighted by Crippen LogP contribution is 2.36. The molecule has 2 amide bonds. The number of fused-ring (bicyclic) bond motifs is 5. The number of halogens is 1. The van der Waals surface area contributed by atoms with Crippen molar-refractivity contribution in [1.29, 1.82) is 0 Å². The Morgan fingerprint density at radius 1 is 0.973 bits per heavy atom. The summed E-state index contributed by atoms with van der Waals surface area (Å²) in [5.74, 6) is 0.0323. The molecule has 9 heteroatoms. The van der Waals surface area contributed by atoms with Crippen molar-refractivity contribution >= 4 is 17.9 Å². The van der Waals surface area contributed by atoms with Gasteiger partial charge in [-0.05, 0) is 66.4 Å². The number of carbonyl (C=O) groups excluding carboxylic acids is 2. The molecule has 2 atom stereocenters. The first-order valence-electron chi connectivity index (χ1n) is 12.1. The average Bonchev–Trinajstić information content (AvgIpc) is 3.37. The number of nitrogens with zero attached hydrogens (tertiary/aromatic N) is 2. The van der Waals surface area contributed by atoms with Gasteiger partial charge < -0.3 is 24.3 Å². The Kier molecular flexibility index (Phi) is 5.75. The van der Waals surface area contributed by atoms with Crippen LogP contribution in [0.15, 0.2) is 71.2 Å². The molecule has 0 saturated carbocycles. The van der Waals surface area contributed by atoms with Gasteiger partial charge in [-0.1, -0.05) is 12.1 Å². The van der Waals surface area contributed by atoms with E-state index in [4.69, 9.17) is 9.47 Å². The third kappa shape index (κ3) is 4.48. The Labute approximate surface area is 211 Å². The summed E-state index contributed by atoms with van der Waals surface area (Å²) < 4.78 is 26.0. The molecular weight excluding hydrogens is 477 g/mol. The fraction of sp³-hybridized carbons (Fsp3) is 0.250. The summed E-state index contributed by atoms with van der Waals surface area (Å²) in [6, 6.07) is 15.7.